The van der Waals surface area contributed by atoms with Crippen molar-refractivity contribution < 1.29 is 9.53 Å². The smallest absolute Gasteiger partial charge is 0.334 e. The van der Waals surface area contributed by atoms with Gasteiger partial charge in [-0.2, -0.15) is 0 Å². The van der Waals surface area contributed by atoms with Crippen LogP contribution < -0.4 is 0 Å². The monoisotopic (exact) mass is 252 g/mol. The fraction of sp³-hybridized carbons (Fsp3) is 0.235. The minimum absolute atomic E-state index is 0.167. The number of benzene rings is 2. The van der Waals surface area contributed by atoms with Gasteiger partial charge in [-0.25, -0.2) is 4.79 Å². The number of carbonyl (C=O) groups excluding carboxylic acids is 1. The van der Waals surface area contributed by atoms with Crippen molar-refractivity contribution in [3.05, 3.63) is 59.7 Å². The van der Waals surface area contributed by atoms with Crippen molar-refractivity contribution in [3.8, 4) is 0 Å². The molecule has 1 heterocycles. The van der Waals surface area contributed by atoms with Crippen molar-refractivity contribution in [2.45, 2.75) is 25.9 Å². The largest absolute Gasteiger partial charge is 0.450 e. The normalized spacial score (nSPS) is 18.5. The highest BCUT2D eigenvalue weighted by atomic mass is 16.5. The Morgan fingerprint density at radius 1 is 1.11 bits per heavy atom. The number of hydrogen-bond donors (Lipinski definition) is 0. The number of rotatable bonds is 3. The lowest BCUT2D eigenvalue weighted by Crippen LogP contribution is -2.02. The van der Waals surface area contributed by atoms with E-state index in [1.54, 1.807) is 0 Å². The van der Waals surface area contributed by atoms with Crippen molar-refractivity contribution in [3.63, 3.8) is 0 Å². The zero-order valence-electron chi connectivity index (χ0n) is 10.9. The summed E-state index contributed by atoms with van der Waals surface area (Å²) in [6, 6.07) is 14.3. The number of cyclic esters (lactones) is 1. The molecule has 0 aliphatic carbocycles. The van der Waals surface area contributed by atoms with Crippen molar-refractivity contribution in [2.24, 2.45) is 0 Å². The van der Waals surface area contributed by atoms with Gasteiger partial charge in [0.1, 0.15) is 6.10 Å². The summed E-state index contributed by atoms with van der Waals surface area (Å²) in [5.74, 6) is -0.167. The molecular weight excluding hydrogens is 236 g/mol. The van der Waals surface area contributed by atoms with Crippen LogP contribution in [0.5, 0.6) is 0 Å². The summed E-state index contributed by atoms with van der Waals surface area (Å²) in [4.78, 5) is 11.8. The second kappa shape index (κ2) is 4.88. The summed E-state index contributed by atoms with van der Waals surface area (Å²) in [6.45, 7) is 2.07. The third-order valence-electron chi connectivity index (χ3n) is 3.50. The van der Waals surface area contributed by atoms with E-state index in [1.165, 1.54) is 5.39 Å². The quantitative estimate of drug-likeness (QED) is 0.766. The second-order valence-electron chi connectivity index (χ2n) is 4.84. The predicted octanol–water partition coefficient (Wildman–Crippen LogP) is 4.16. The molecule has 0 saturated carbocycles. The predicted molar refractivity (Wildman–Crippen MR) is 75.8 cm³/mol. The van der Waals surface area contributed by atoms with E-state index in [9.17, 15) is 4.79 Å². The van der Waals surface area contributed by atoms with Gasteiger partial charge >= 0.3 is 5.97 Å². The SMILES string of the molecule is CCCC1=CC(c2cccc3ccccc23)OC1=O. The average Bonchev–Trinajstić information content (AvgIpc) is 2.80. The first-order valence-corrected chi connectivity index (χ1v) is 6.69. The Kier molecular flexibility index (Phi) is 3.08. The van der Waals surface area contributed by atoms with Gasteiger partial charge in [-0.3, -0.25) is 0 Å². The van der Waals surface area contributed by atoms with Gasteiger partial charge < -0.3 is 4.74 Å². The van der Waals surface area contributed by atoms with E-state index in [1.807, 2.05) is 30.3 Å². The van der Waals surface area contributed by atoms with Gasteiger partial charge in [0.25, 0.3) is 0 Å². The van der Waals surface area contributed by atoms with Crippen LogP contribution in [0.4, 0.5) is 0 Å². The van der Waals surface area contributed by atoms with Crippen molar-refractivity contribution >= 4 is 16.7 Å². The van der Waals surface area contributed by atoms with E-state index < -0.39 is 0 Å². The molecule has 1 unspecified atom stereocenters. The Morgan fingerprint density at radius 3 is 2.74 bits per heavy atom. The maximum Gasteiger partial charge on any atom is 0.334 e. The topological polar surface area (TPSA) is 26.3 Å². The lowest BCUT2D eigenvalue weighted by molar-refractivity contribution is -0.139. The molecule has 0 aromatic heterocycles. The zero-order valence-corrected chi connectivity index (χ0v) is 10.9. The van der Waals surface area contributed by atoms with Gasteiger partial charge in [-0.15, -0.1) is 0 Å². The van der Waals surface area contributed by atoms with Gasteiger partial charge in [0.15, 0.2) is 0 Å². The van der Waals surface area contributed by atoms with Crippen LogP contribution in [0.2, 0.25) is 0 Å². The van der Waals surface area contributed by atoms with E-state index in [-0.39, 0.29) is 12.1 Å². The van der Waals surface area contributed by atoms with Crippen LogP contribution in [-0.2, 0) is 9.53 Å². The molecular formula is C17H16O2. The van der Waals surface area contributed by atoms with Crippen LogP contribution in [0.3, 0.4) is 0 Å². The van der Waals surface area contributed by atoms with Crippen LogP contribution in [0.1, 0.15) is 31.4 Å². The number of esters is 1. The molecule has 1 aliphatic heterocycles. The molecule has 0 saturated heterocycles. The first kappa shape index (κ1) is 12.0. The number of hydrogen-bond acceptors (Lipinski definition) is 2. The molecule has 19 heavy (non-hydrogen) atoms. The Bertz CT molecular complexity index is 650. The van der Waals surface area contributed by atoms with E-state index in [2.05, 4.69) is 25.1 Å². The standard InChI is InChI=1S/C17H16O2/c1-2-6-13-11-16(19-17(13)18)15-10-5-8-12-7-3-4-9-14(12)15/h3-5,7-11,16H,2,6H2,1H3. The molecule has 2 aromatic rings. The van der Waals surface area contributed by atoms with Crippen LogP contribution >= 0.6 is 0 Å². The summed E-state index contributed by atoms with van der Waals surface area (Å²) in [5.41, 5.74) is 1.87. The molecule has 0 N–H and O–H groups in total. The number of carbonyl (C=O) groups is 1. The summed E-state index contributed by atoms with van der Waals surface area (Å²) in [7, 11) is 0. The molecule has 96 valence electrons. The fourth-order valence-corrected chi connectivity index (χ4v) is 2.58. The molecule has 0 radical (unpaired) electrons. The third kappa shape index (κ3) is 2.14. The Hall–Kier alpha value is -2.09. The molecule has 0 spiro atoms. The van der Waals surface area contributed by atoms with E-state index >= 15 is 0 Å². The molecule has 0 amide bonds. The zero-order chi connectivity index (χ0) is 13.2. The van der Waals surface area contributed by atoms with E-state index in [0.29, 0.717) is 0 Å². The molecule has 1 aliphatic rings. The van der Waals surface area contributed by atoms with Crippen LogP contribution in [0.15, 0.2) is 54.1 Å². The first-order valence-electron chi connectivity index (χ1n) is 6.69. The van der Waals surface area contributed by atoms with Crippen molar-refractivity contribution in [2.75, 3.05) is 0 Å². The van der Waals surface area contributed by atoms with Crippen molar-refractivity contribution in [1.82, 2.24) is 0 Å². The number of fused-ring (bicyclic) bond motifs is 1. The lowest BCUT2D eigenvalue weighted by atomic mass is 9.99. The maximum atomic E-state index is 11.8. The van der Waals surface area contributed by atoms with Gasteiger partial charge in [0.05, 0.1) is 0 Å². The molecule has 2 aromatic carbocycles. The van der Waals surface area contributed by atoms with Gasteiger partial charge in [-0.05, 0) is 23.3 Å². The fourth-order valence-electron chi connectivity index (χ4n) is 2.58. The summed E-state index contributed by atoms with van der Waals surface area (Å²) < 4.78 is 5.49. The third-order valence-corrected chi connectivity index (χ3v) is 3.50. The van der Waals surface area contributed by atoms with Crippen LogP contribution in [-0.4, -0.2) is 5.97 Å². The summed E-state index contributed by atoms with van der Waals surface area (Å²) in [6.07, 6.45) is 3.48. The number of ether oxygens (including phenoxy) is 1. The molecule has 0 bridgehead atoms. The molecule has 0 fully saturated rings. The van der Waals surface area contributed by atoms with Crippen molar-refractivity contribution in [1.29, 1.82) is 0 Å². The van der Waals surface area contributed by atoms with Gasteiger partial charge in [0, 0.05) is 11.1 Å². The van der Waals surface area contributed by atoms with E-state index in [0.717, 1.165) is 29.4 Å². The minimum Gasteiger partial charge on any atom is -0.450 e. The highest BCUT2D eigenvalue weighted by Gasteiger charge is 2.26. The Labute approximate surface area is 112 Å². The molecule has 1 atom stereocenters. The average molecular weight is 252 g/mol. The van der Waals surface area contributed by atoms with Crippen LogP contribution in [0, 0.1) is 0 Å². The Morgan fingerprint density at radius 2 is 1.89 bits per heavy atom. The molecule has 2 nitrogen and oxygen atoms in total. The lowest BCUT2D eigenvalue weighted by Gasteiger charge is -2.11. The van der Waals surface area contributed by atoms with E-state index in [4.69, 9.17) is 4.74 Å². The van der Waals surface area contributed by atoms with Gasteiger partial charge in [0.2, 0.25) is 0 Å². The Balaban J connectivity index is 2.04. The highest BCUT2D eigenvalue weighted by Crippen LogP contribution is 2.33. The van der Waals surface area contributed by atoms with Gasteiger partial charge in [-0.1, -0.05) is 55.8 Å². The highest BCUT2D eigenvalue weighted by molar-refractivity contribution is 5.92. The summed E-state index contributed by atoms with van der Waals surface area (Å²) in [5, 5.41) is 2.32. The summed E-state index contributed by atoms with van der Waals surface area (Å²) >= 11 is 0. The minimum atomic E-state index is -0.236. The van der Waals surface area contributed by atoms with Crippen LogP contribution in [0.25, 0.3) is 10.8 Å². The molecule has 2 heteroatoms. The first-order chi connectivity index (χ1) is 9.29. The second-order valence-corrected chi connectivity index (χ2v) is 4.84. The maximum absolute atomic E-state index is 11.8. The molecule has 3 rings (SSSR count).